The third kappa shape index (κ3) is 5.92. The van der Waals surface area contributed by atoms with Gasteiger partial charge in [-0.25, -0.2) is 8.42 Å². The number of carbonyl (C=O) groups excluding carboxylic acids is 1. The largest absolute Gasteiger partial charge is 0.341 e. The van der Waals surface area contributed by atoms with E-state index in [1.807, 2.05) is 19.1 Å². The molecule has 0 saturated heterocycles. The summed E-state index contributed by atoms with van der Waals surface area (Å²) in [5.41, 5.74) is 0.960. The molecular weight excluding hydrogens is 298 g/mol. The van der Waals surface area contributed by atoms with E-state index >= 15 is 0 Å². The number of amides is 1. The maximum Gasteiger partial charge on any atom is 0.223 e. The first-order chi connectivity index (χ1) is 9.34. The Balaban J connectivity index is 2.49. The molecule has 20 heavy (non-hydrogen) atoms. The number of rotatable bonds is 7. The minimum atomic E-state index is -3.10. The molecule has 0 aromatic heterocycles. The molecule has 0 aliphatic carbocycles. The molecule has 6 heteroatoms. The van der Waals surface area contributed by atoms with Gasteiger partial charge in [0, 0.05) is 30.8 Å². The van der Waals surface area contributed by atoms with E-state index in [-0.39, 0.29) is 23.8 Å². The molecule has 0 aliphatic rings. The predicted octanol–water partition coefficient (Wildman–Crippen LogP) is 2.51. The fourth-order valence-electron chi connectivity index (χ4n) is 1.80. The van der Waals surface area contributed by atoms with E-state index in [2.05, 4.69) is 0 Å². The van der Waals surface area contributed by atoms with Gasteiger partial charge in [0.05, 0.1) is 5.75 Å². The monoisotopic (exact) mass is 317 g/mol. The lowest BCUT2D eigenvalue weighted by atomic mass is 10.2. The molecule has 0 fully saturated rings. The van der Waals surface area contributed by atoms with Crippen LogP contribution in [0, 0.1) is 0 Å². The molecule has 0 radical (unpaired) electrons. The van der Waals surface area contributed by atoms with Crippen LogP contribution in [0.1, 0.15) is 25.3 Å². The summed E-state index contributed by atoms with van der Waals surface area (Å²) in [6.45, 7) is 2.26. The van der Waals surface area contributed by atoms with Crippen molar-refractivity contribution >= 4 is 27.3 Å². The summed E-state index contributed by atoms with van der Waals surface area (Å²) >= 11 is 5.79. The molecule has 4 nitrogen and oxygen atoms in total. The molecule has 0 bridgehead atoms. The van der Waals surface area contributed by atoms with E-state index in [0.29, 0.717) is 18.0 Å². The zero-order chi connectivity index (χ0) is 15.2. The second-order valence-electron chi connectivity index (χ2n) is 4.78. The van der Waals surface area contributed by atoms with E-state index < -0.39 is 9.84 Å². The van der Waals surface area contributed by atoms with Crippen LogP contribution >= 0.6 is 11.6 Å². The highest BCUT2D eigenvalue weighted by atomic mass is 35.5. The third-order valence-corrected chi connectivity index (χ3v) is 5.01. The van der Waals surface area contributed by atoms with Crippen LogP contribution in [0.2, 0.25) is 5.02 Å². The Hall–Kier alpha value is -1.07. The quantitative estimate of drug-likeness (QED) is 0.776. The number of hydrogen-bond acceptors (Lipinski definition) is 3. The van der Waals surface area contributed by atoms with Crippen molar-refractivity contribution in [3.63, 3.8) is 0 Å². The van der Waals surface area contributed by atoms with Crippen LogP contribution in [0.25, 0.3) is 0 Å². The van der Waals surface area contributed by atoms with Crippen molar-refractivity contribution in [1.82, 2.24) is 4.90 Å². The molecule has 0 unspecified atom stereocenters. The van der Waals surface area contributed by atoms with Gasteiger partial charge >= 0.3 is 0 Å². The summed E-state index contributed by atoms with van der Waals surface area (Å²) in [5.74, 6) is -0.106. The normalized spacial score (nSPS) is 11.3. The Labute approximate surface area is 125 Å². The van der Waals surface area contributed by atoms with Gasteiger partial charge in [-0.2, -0.15) is 0 Å². The van der Waals surface area contributed by atoms with Crippen molar-refractivity contribution in [2.24, 2.45) is 0 Å². The summed E-state index contributed by atoms with van der Waals surface area (Å²) < 4.78 is 23.1. The summed E-state index contributed by atoms with van der Waals surface area (Å²) in [5, 5.41) is 0.647. The minimum absolute atomic E-state index is 0.0341. The summed E-state index contributed by atoms with van der Waals surface area (Å²) in [4.78, 5) is 13.4. The van der Waals surface area contributed by atoms with Gasteiger partial charge in [0.2, 0.25) is 5.91 Å². The zero-order valence-corrected chi connectivity index (χ0v) is 13.4. The number of halogens is 1. The van der Waals surface area contributed by atoms with Crippen LogP contribution in [-0.4, -0.2) is 37.8 Å². The summed E-state index contributed by atoms with van der Waals surface area (Å²) in [7, 11) is -1.43. The molecule has 0 saturated carbocycles. The standard InChI is InChI=1S/C14H20ClNO3S/c1-3-9-20(18,19)10-8-14(17)16(2)11-12-4-6-13(15)7-5-12/h4-7H,3,8-11H2,1-2H3. The van der Waals surface area contributed by atoms with Gasteiger partial charge in [-0.1, -0.05) is 30.7 Å². The molecular formula is C14H20ClNO3S. The maximum atomic E-state index is 11.9. The Morgan fingerprint density at radius 1 is 1.20 bits per heavy atom. The summed E-state index contributed by atoms with van der Waals surface area (Å²) in [6.07, 6.45) is 0.615. The SMILES string of the molecule is CCCS(=O)(=O)CCC(=O)N(C)Cc1ccc(Cl)cc1. The van der Waals surface area contributed by atoms with Crippen LogP contribution < -0.4 is 0 Å². The van der Waals surface area contributed by atoms with Crippen molar-refractivity contribution in [2.75, 3.05) is 18.6 Å². The molecule has 1 rings (SSSR count). The van der Waals surface area contributed by atoms with Crippen molar-refractivity contribution in [3.05, 3.63) is 34.9 Å². The van der Waals surface area contributed by atoms with E-state index in [1.165, 1.54) is 4.90 Å². The van der Waals surface area contributed by atoms with Crippen molar-refractivity contribution in [2.45, 2.75) is 26.3 Å². The average molecular weight is 318 g/mol. The van der Waals surface area contributed by atoms with Gasteiger partial charge < -0.3 is 4.90 Å². The fraction of sp³-hybridized carbons (Fsp3) is 0.500. The molecule has 1 aromatic rings. The zero-order valence-electron chi connectivity index (χ0n) is 11.8. The lowest BCUT2D eigenvalue weighted by molar-refractivity contribution is -0.130. The van der Waals surface area contributed by atoms with Gasteiger partial charge in [0.15, 0.2) is 9.84 Å². The Kier molecular flexibility index (Phi) is 6.49. The Bertz CT molecular complexity index is 540. The molecule has 1 aromatic carbocycles. The molecule has 0 aliphatic heterocycles. The highest BCUT2D eigenvalue weighted by molar-refractivity contribution is 7.91. The van der Waals surface area contributed by atoms with Gasteiger partial charge in [-0.15, -0.1) is 0 Å². The number of sulfone groups is 1. The van der Waals surface area contributed by atoms with Gasteiger partial charge in [-0.05, 0) is 24.1 Å². The lowest BCUT2D eigenvalue weighted by Gasteiger charge is -2.17. The van der Waals surface area contributed by atoms with Gasteiger partial charge in [-0.3, -0.25) is 4.79 Å². The topological polar surface area (TPSA) is 54.5 Å². The van der Waals surface area contributed by atoms with Crippen molar-refractivity contribution < 1.29 is 13.2 Å². The second-order valence-corrected chi connectivity index (χ2v) is 7.52. The Morgan fingerprint density at radius 2 is 1.80 bits per heavy atom. The van der Waals surface area contributed by atoms with Crippen molar-refractivity contribution in [1.29, 1.82) is 0 Å². The fourth-order valence-corrected chi connectivity index (χ4v) is 3.24. The average Bonchev–Trinajstić information content (AvgIpc) is 2.38. The Morgan fingerprint density at radius 3 is 2.35 bits per heavy atom. The van der Waals surface area contributed by atoms with E-state index in [9.17, 15) is 13.2 Å². The van der Waals surface area contributed by atoms with Crippen LogP contribution in [0.15, 0.2) is 24.3 Å². The molecule has 0 heterocycles. The minimum Gasteiger partial charge on any atom is -0.341 e. The number of carbonyl (C=O) groups is 1. The maximum absolute atomic E-state index is 11.9. The lowest BCUT2D eigenvalue weighted by Crippen LogP contribution is -2.28. The first-order valence-corrected chi connectivity index (χ1v) is 8.73. The van der Waals surface area contributed by atoms with Gasteiger partial charge in [0.25, 0.3) is 0 Å². The predicted molar refractivity (Wildman–Crippen MR) is 81.5 cm³/mol. The van der Waals surface area contributed by atoms with Gasteiger partial charge in [0.1, 0.15) is 0 Å². The van der Waals surface area contributed by atoms with Crippen LogP contribution in [0.4, 0.5) is 0 Å². The highest BCUT2D eigenvalue weighted by Crippen LogP contribution is 2.11. The second kappa shape index (κ2) is 7.64. The molecule has 112 valence electrons. The van der Waals surface area contributed by atoms with E-state index in [1.54, 1.807) is 19.2 Å². The third-order valence-electron chi connectivity index (χ3n) is 2.90. The number of nitrogens with zero attached hydrogens (tertiary/aromatic N) is 1. The van der Waals surface area contributed by atoms with Crippen LogP contribution in [-0.2, 0) is 21.2 Å². The molecule has 0 spiro atoms. The first kappa shape index (κ1) is 17.0. The van der Waals surface area contributed by atoms with E-state index in [0.717, 1.165) is 5.56 Å². The molecule has 1 amide bonds. The summed E-state index contributed by atoms with van der Waals surface area (Å²) in [6, 6.07) is 7.22. The van der Waals surface area contributed by atoms with E-state index in [4.69, 9.17) is 11.6 Å². The van der Waals surface area contributed by atoms with Crippen LogP contribution in [0.3, 0.4) is 0 Å². The number of hydrogen-bond donors (Lipinski definition) is 0. The smallest absolute Gasteiger partial charge is 0.223 e. The number of benzene rings is 1. The first-order valence-electron chi connectivity index (χ1n) is 6.53. The molecule has 0 atom stereocenters. The highest BCUT2D eigenvalue weighted by Gasteiger charge is 2.15. The van der Waals surface area contributed by atoms with Crippen molar-refractivity contribution in [3.8, 4) is 0 Å². The van der Waals surface area contributed by atoms with Crippen LogP contribution in [0.5, 0.6) is 0 Å². The molecule has 0 N–H and O–H groups in total.